The minimum absolute atomic E-state index is 0.791. The van der Waals surface area contributed by atoms with Crippen LogP contribution in [0, 0.1) is 0 Å². The lowest BCUT2D eigenvalue weighted by atomic mass is 10.5. The van der Waals surface area contributed by atoms with Gasteiger partial charge >= 0.3 is 0 Å². The van der Waals surface area contributed by atoms with Gasteiger partial charge in [0.05, 0.1) is 0 Å². The van der Waals surface area contributed by atoms with Gasteiger partial charge in [-0.3, -0.25) is 0 Å². The zero-order valence-corrected chi connectivity index (χ0v) is 7.80. The first-order valence-electron chi connectivity index (χ1n) is 3.71. The molecule has 0 saturated heterocycles. The second kappa shape index (κ2) is 4.82. The first-order valence-corrected chi connectivity index (χ1v) is 4.34. The van der Waals surface area contributed by atoms with Crippen molar-refractivity contribution in [2.75, 3.05) is 30.0 Å². The largest absolute Gasteiger partial charge is 0.373 e. The third kappa shape index (κ3) is 2.58. The molecule has 0 atom stereocenters. The van der Waals surface area contributed by atoms with E-state index in [4.69, 9.17) is 0 Å². The van der Waals surface area contributed by atoms with Crippen molar-refractivity contribution in [1.29, 1.82) is 0 Å². The molecule has 4 nitrogen and oxygen atoms in total. The Hall–Kier alpha value is -0.970. The highest BCUT2D eigenvalue weighted by Crippen LogP contribution is 2.06. The summed E-state index contributed by atoms with van der Waals surface area (Å²) in [5, 5.41) is 6.04. The number of rotatable bonds is 4. The Morgan fingerprint density at radius 3 is 2.83 bits per heavy atom. The fourth-order valence-corrected chi connectivity index (χ4v) is 0.886. The summed E-state index contributed by atoms with van der Waals surface area (Å²) >= 11 is 4.08. The van der Waals surface area contributed by atoms with E-state index in [2.05, 4.69) is 33.2 Å². The molecule has 0 aliphatic rings. The molecule has 66 valence electrons. The van der Waals surface area contributed by atoms with Crippen molar-refractivity contribution in [3.8, 4) is 0 Å². The number of hydrogen-bond donors (Lipinski definition) is 3. The van der Waals surface area contributed by atoms with Gasteiger partial charge in [0, 0.05) is 25.4 Å². The van der Waals surface area contributed by atoms with Gasteiger partial charge < -0.3 is 10.6 Å². The Morgan fingerprint density at radius 2 is 2.17 bits per heavy atom. The number of hydrogen-bond acceptors (Lipinski definition) is 5. The highest BCUT2D eigenvalue weighted by atomic mass is 32.1. The summed E-state index contributed by atoms with van der Waals surface area (Å²) in [6, 6.07) is 1.85. The molecular formula is C7H12N4S. The molecule has 12 heavy (non-hydrogen) atoms. The molecular weight excluding hydrogens is 172 g/mol. The van der Waals surface area contributed by atoms with Gasteiger partial charge in [-0.05, 0) is 0 Å². The Kier molecular flexibility index (Phi) is 3.66. The van der Waals surface area contributed by atoms with Crippen LogP contribution in [0.15, 0.2) is 12.4 Å². The summed E-state index contributed by atoms with van der Waals surface area (Å²) < 4.78 is 0. The topological polar surface area (TPSA) is 49.8 Å². The van der Waals surface area contributed by atoms with Gasteiger partial charge in [-0.25, -0.2) is 9.97 Å². The predicted octanol–water partition coefficient (Wildman–Crippen LogP) is 0.860. The lowest BCUT2D eigenvalue weighted by molar-refractivity contribution is 1.11. The van der Waals surface area contributed by atoms with Crippen molar-refractivity contribution in [3.63, 3.8) is 0 Å². The molecule has 0 bridgehead atoms. The molecule has 1 aromatic heterocycles. The van der Waals surface area contributed by atoms with Crippen LogP contribution in [0.25, 0.3) is 0 Å². The van der Waals surface area contributed by atoms with Crippen LogP contribution in [0.5, 0.6) is 0 Å². The predicted molar refractivity (Wildman–Crippen MR) is 53.9 cm³/mol. The van der Waals surface area contributed by atoms with Crippen molar-refractivity contribution in [3.05, 3.63) is 12.4 Å². The number of aromatic nitrogens is 2. The van der Waals surface area contributed by atoms with E-state index in [1.54, 1.807) is 0 Å². The summed E-state index contributed by atoms with van der Waals surface area (Å²) in [4.78, 5) is 8.01. The summed E-state index contributed by atoms with van der Waals surface area (Å²) in [6.07, 6.45) is 1.52. The summed E-state index contributed by atoms with van der Waals surface area (Å²) in [5.41, 5.74) is 0. The Morgan fingerprint density at radius 1 is 1.42 bits per heavy atom. The van der Waals surface area contributed by atoms with E-state index < -0.39 is 0 Å². The van der Waals surface area contributed by atoms with Gasteiger partial charge in [0.25, 0.3) is 0 Å². The van der Waals surface area contributed by atoms with Crippen molar-refractivity contribution in [2.24, 2.45) is 0 Å². The highest BCUT2D eigenvalue weighted by molar-refractivity contribution is 7.80. The van der Waals surface area contributed by atoms with Gasteiger partial charge in [0.1, 0.15) is 18.0 Å². The van der Waals surface area contributed by atoms with Crippen LogP contribution in [0.1, 0.15) is 0 Å². The van der Waals surface area contributed by atoms with Crippen LogP contribution < -0.4 is 10.6 Å². The fourth-order valence-electron chi connectivity index (χ4n) is 0.775. The molecule has 0 radical (unpaired) electrons. The van der Waals surface area contributed by atoms with Gasteiger partial charge in [-0.2, -0.15) is 12.6 Å². The zero-order chi connectivity index (χ0) is 8.81. The van der Waals surface area contributed by atoms with Gasteiger partial charge in [-0.1, -0.05) is 0 Å². The summed E-state index contributed by atoms with van der Waals surface area (Å²) in [6.45, 7) is 0.809. The molecule has 1 rings (SSSR count). The molecule has 0 aliphatic heterocycles. The monoisotopic (exact) mass is 184 g/mol. The summed E-state index contributed by atoms with van der Waals surface area (Å²) in [7, 11) is 1.82. The second-order valence-electron chi connectivity index (χ2n) is 2.19. The van der Waals surface area contributed by atoms with Crippen LogP contribution in [-0.2, 0) is 0 Å². The van der Waals surface area contributed by atoms with Crippen LogP contribution in [0.4, 0.5) is 11.6 Å². The van der Waals surface area contributed by atoms with Crippen LogP contribution in [-0.4, -0.2) is 29.3 Å². The quantitative estimate of drug-likeness (QED) is 0.607. The van der Waals surface area contributed by atoms with Crippen LogP contribution >= 0.6 is 12.6 Å². The van der Waals surface area contributed by atoms with Gasteiger partial charge in [-0.15, -0.1) is 0 Å². The summed E-state index contributed by atoms with van der Waals surface area (Å²) in [5.74, 6) is 2.42. The van der Waals surface area contributed by atoms with E-state index in [0.29, 0.717) is 0 Å². The fraction of sp³-hybridized carbons (Fsp3) is 0.429. The van der Waals surface area contributed by atoms with Crippen LogP contribution in [0.2, 0.25) is 0 Å². The van der Waals surface area contributed by atoms with Crippen molar-refractivity contribution < 1.29 is 0 Å². The molecule has 1 heterocycles. The maximum atomic E-state index is 4.08. The Balaban J connectivity index is 2.60. The molecule has 2 N–H and O–H groups in total. The average molecular weight is 184 g/mol. The van der Waals surface area contributed by atoms with Crippen molar-refractivity contribution in [1.82, 2.24) is 9.97 Å². The minimum Gasteiger partial charge on any atom is -0.373 e. The molecule has 0 fully saturated rings. The van der Waals surface area contributed by atoms with Crippen LogP contribution in [0.3, 0.4) is 0 Å². The molecule has 0 unspecified atom stereocenters. The zero-order valence-electron chi connectivity index (χ0n) is 6.91. The highest BCUT2D eigenvalue weighted by Gasteiger charge is 1.94. The van der Waals surface area contributed by atoms with E-state index in [-0.39, 0.29) is 0 Å². The van der Waals surface area contributed by atoms with Gasteiger partial charge in [0.2, 0.25) is 0 Å². The number of nitrogens with one attached hydrogen (secondary N) is 2. The van der Waals surface area contributed by atoms with E-state index in [9.17, 15) is 0 Å². The second-order valence-corrected chi connectivity index (χ2v) is 2.64. The van der Waals surface area contributed by atoms with E-state index >= 15 is 0 Å². The van der Waals surface area contributed by atoms with Crippen molar-refractivity contribution in [2.45, 2.75) is 0 Å². The average Bonchev–Trinajstić information content (AvgIpc) is 2.15. The number of thiol groups is 1. The Labute approximate surface area is 77.2 Å². The molecule has 1 aromatic rings. The van der Waals surface area contributed by atoms with Crippen molar-refractivity contribution >= 4 is 24.3 Å². The molecule has 0 spiro atoms. The maximum Gasteiger partial charge on any atom is 0.131 e. The smallest absolute Gasteiger partial charge is 0.131 e. The number of anilines is 2. The van der Waals surface area contributed by atoms with E-state index in [0.717, 1.165) is 23.9 Å². The van der Waals surface area contributed by atoms with E-state index in [1.165, 1.54) is 6.33 Å². The lowest BCUT2D eigenvalue weighted by Crippen LogP contribution is -2.05. The first kappa shape index (κ1) is 9.12. The molecule has 5 heteroatoms. The molecule has 0 aromatic carbocycles. The first-order chi connectivity index (χ1) is 5.86. The maximum absolute atomic E-state index is 4.08. The number of nitrogens with zero attached hydrogens (tertiary/aromatic N) is 2. The van der Waals surface area contributed by atoms with Gasteiger partial charge in [0.15, 0.2) is 0 Å². The molecule has 0 aliphatic carbocycles. The Bertz CT molecular complexity index is 241. The molecule has 0 amide bonds. The SMILES string of the molecule is CNc1cc(NCCS)ncn1. The lowest BCUT2D eigenvalue weighted by Gasteiger charge is -2.04. The minimum atomic E-state index is 0.791. The third-order valence-electron chi connectivity index (χ3n) is 1.34. The van der Waals surface area contributed by atoms with E-state index in [1.807, 2.05) is 13.1 Å². The normalized spacial score (nSPS) is 9.50. The third-order valence-corrected chi connectivity index (χ3v) is 1.56. The molecule has 0 saturated carbocycles. The standard InChI is InChI=1S/C7H12N4S/c1-8-6-4-7(9-2-3-12)11-5-10-6/h4-5,12H,2-3H2,1H3,(H2,8,9,10,11).